The Morgan fingerprint density at radius 3 is 2.70 bits per heavy atom. The van der Waals surface area contributed by atoms with Gasteiger partial charge in [0.05, 0.1) is 10.5 Å². The van der Waals surface area contributed by atoms with Crippen LogP contribution in [0.25, 0.3) is 0 Å². The largest absolute Gasteiger partial charge is 0.489 e. The van der Waals surface area contributed by atoms with Gasteiger partial charge in [-0.3, -0.25) is 4.90 Å². The standard InChI is InChI=1S/C25H27ClFN3OS2/c1-16(21-12-18(17-2-3-17)4-6-23(21)27)30-10-8-19(9-11-30)31-24-7-5-20(13-22(24)26)33-29-25-14-32-15-28-25/h4-7,12-17,19,29H,2-3,8-11H2,1H3. The van der Waals surface area contributed by atoms with Crippen LogP contribution in [-0.4, -0.2) is 29.1 Å². The van der Waals surface area contributed by atoms with Crippen molar-refractivity contribution in [3.63, 3.8) is 0 Å². The van der Waals surface area contributed by atoms with Crippen LogP contribution >= 0.6 is 34.9 Å². The number of rotatable bonds is 8. The molecule has 2 heterocycles. The van der Waals surface area contributed by atoms with Gasteiger partial charge in [0.2, 0.25) is 0 Å². The summed E-state index contributed by atoms with van der Waals surface area (Å²) in [6, 6.07) is 11.6. The van der Waals surface area contributed by atoms with E-state index in [1.165, 1.54) is 30.4 Å². The van der Waals surface area contributed by atoms with E-state index in [0.717, 1.165) is 42.2 Å². The molecule has 1 N–H and O–H groups in total. The number of hydrogen-bond donors (Lipinski definition) is 1. The summed E-state index contributed by atoms with van der Waals surface area (Å²) in [5.74, 6) is 2.08. The Hall–Kier alpha value is -1.80. The lowest BCUT2D eigenvalue weighted by atomic mass is 9.98. The first kappa shape index (κ1) is 23.0. The maximum atomic E-state index is 14.6. The number of nitrogens with zero attached hydrogens (tertiary/aromatic N) is 2. The molecule has 33 heavy (non-hydrogen) atoms. The van der Waals surface area contributed by atoms with E-state index < -0.39 is 0 Å². The van der Waals surface area contributed by atoms with E-state index in [-0.39, 0.29) is 18.0 Å². The quantitative estimate of drug-likeness (QED) is 0.321. The number of ether oxygens (including phenoxy) is 1. The Morgan fingerprint density at radius 2 is 2.00 bits per heavy atom. The van der Waals surface area contributed by atoms with Crippen molar-refractivity contribution >= 4 is 40.7 Å². The fourth-order valence-corrected chi connectivity index (χ4v) is 5.82. The molecule has 2 aromatic carbocycles. The summed E-state index contributed by atoms with van der Waals surface area (Å²) in [5, 5.41) is 2.56. The van der Waals surface area contributed by atoms with Gasteiger partial charge in [0.15, 0.2) is 0 Å². The molecule has 0 spiro atoms. The van der Waals surface area contributed by atoms with Crippen LogP contribution in [0.3, 0.4) is 0 Å². The molecule has 3 aromatic rings. The van der Waals surface area contributed by atoms with Gasteiger partial charge in [-0.25, -0.2) is 9.37 Å². The third-order valence-corrected chi connectivity index (χ3v) is 8.13. The van der Waals surface area contributed by atoms with E-state index >= 15 is 0 Å². The van der Waals surface area contributed by atoms with Crippen molar-refractivity contribution in [3.8, 4) is 5.75 Å². The maximum Gasteiger partial charge on any atom is 0.147 e. The lowest BCUT2D eigenvalue weighted by Gasteiger charge is -2.36. The highest BCUT2D eigenvalue weighted by Crippen LogP contribution is 2.41. The number of thiazole rings is 1. The maximum absolute atomic E-state index is 14.6. The molecule has 8 heteroatoms. The van der Waals surface area contributed by atoms with Gasteiger partial charge >= 0.3 is 0 Å². The zero-order valence-electron chi connectivity index (χ0n) is 18.5. The first-order chi connectivity index (χ1) is 16.1. The van der Waals surface area contributed by atoms with Gasteiger partial charge in [-0.1, -0.05) is 23.7 Å². The van der Waals surface area contributed by atoms with Gasteiger partial charge in [0.25, 0.3) is 0 Å². The van der Waals surface area contributed by atoms with Crippen molar-refractivity contribution in [1.82, 2.24) is 9.88 Å². The number of piperidine rings is 1. The Balaban J connectivity index is 1.15. The molecule has 1 saturated carbocycles. The van der Waals surface area contributed by atoms with Crippen LogP contribution in [0, 0.1) is 5.82 Å². The summed E-state index contributed by atoms with van der Waals surface area (Å²) in [4.78, 5) is 7.57. The molecule has 5 rings (SSSR count). The molecular weight excluding hydrogens is 477 g/mol. The molecule has 0 amide bonds. The minimum atomic E-state index is -0.0979. The van der Waals surface area contributed by atoms with Crippen molar-refractivity contribution in [2.24, 2.45) is 0 Å². The Labute approximate surface area is 207 Å². The molecule has 1 saturated heterocycles. The Bertz CT molecular complexity index is 1090. The van der Waals surface area contributed by atoms with Gasteiger partial charge in [-0.05, 0) is 80.3 Å². The molecule has 1 aliphatic carbocycles. The summed E-state index contributed by atoms with van der Waals surface area (Å²) in [5.41, 5.74) is 3.90. The third kappa shape index (κ3) is 5.65. The first-order valence-electron chi connectivity index (χ1n) is 11.4. The smallest absolute Gasteiger partial charge is 0.147 e. The van der Waals surface area contributed by atoms with Crippen molar-refractivity contribution in [1.29, 1.82) is 0 Å². The van der Waals surface area contributed by atoms with Crippen LogP contribution in [0.4, 0.5) is 10.2 Å². The minimum absolute atomic E-state index is 0.0646. The van der Waals surface area contributed by atoms with Gasteiger partial charge in [0.1, 0.15) is 23.5 Å². The van der Waals surface area contributed by atoms with Gasteiger partial charge in [-0.2, -0.15) is 0 Å². The van der Waals surface area contributed by atoms with E-state index in [0.29, 0.717) is 16.7 Å². The van der Waals surface area contributed by atoms with E-state index in [1.807, 2.05) is 29.6 Å². The second-order valence-electron chi connectivity index (χ2n) is 8.75. The van der Waals surface area contributed by atoms with Crippen molar-refractivity contribution in [2.75, 3.05) is 17.8 Å². The molecule has 174 valence electrons. The fourth-order valence-electron chi connectivity index (χ4n) is 4.32. The summed E-state index contributed by atoms with van der Waals surface area (Å²) in [6.07, 6.45) is 4.36. The van der Waals surface area contributed by atoms with Crippen LogP contribution in [0.2, 0.25) is 5.02 Å². The van der Waals surface area contributed by atoms with Gasteiger partial charge < -0.3 is 9.46 Å². The predicted octanol–water partition coefficient (Wildman–Crippen LogP) is 7.54. The monoisotopic (exact) mass is 503 g/mol. The SMILES string of the molecule is CC(c1cc(C2CC2)ccc1F)N1CCC(Oc2ccc(SNc3cscn3)cc2Cl)CC1. The molecule has 0 bridgehead atoms. The van der Waals surface area contributed by atoms with Gasteiger partial charge in [0, 0.05) is 35.0 Å². The lowest BCUT2D eigenvalue weighted by molar-refractivity contribution is 0.0788. The highest BCUT2D eigenvalue weighted by atomic mass is 35.5. The topological polar surface area (TPSA) is 37.4 Å². The van der Waals surface area contributed by atoms with Crippen LogP contribution < -0.4 is 9.46 Å². The number of benzene rings is 2. The third-order valence-electron chi connectivity index (χ3n) is 6.45. The lowest BCUT2D eigenvalue weighted by Crippen LogP contribution is -2.39. The number of nitrogens with one attached hydrogen (secondary N) is 1. The van der Waals surface area contributed by atoms with Crippen LogP contribution in [-0.2, 0) is 0 Å². The molecule has 1 unspecified atom stereocenters. The number of anilines is 1. The van der Waals surface area contributed by atoms with Crippen molar-refractivity contribution in [2.45, 2.75) is 55.6 Å². The Morgan fingerprint density at radius 1 is 1.18 bits per heavy atom. The second-order valence-corrected chi connectivity index (χ2v) is 10.8. The molecular formula is C25H27ClFN3OS2. The van der Waals surface area contributed by atoms with Gasteiger partial charge in [-0.15, -0.1) is 11.3 Å². The highest BCUT2D eigenvalue weighted by Gasteiger charge is 2.29. The predicted molar refractivity (Wildman–Crippen MR) is 135 cm³/mol. The summed E-state index contributed by atoms with van der Waals surface area (Å²) >= 11 is 9.52. The molecule has 1 atom stereocenters. The van der Waals surface area contributed by atoms with E-state index in [9.17, 15) is 4.39 Å². The van der Waals surface area contributed by atoms with E-state index in [1.54, 1.807) is 22.9 Å². The van der Waals surface area contributed by atoms with E-state index in [4.69, 9.17) is 16.3 Å². The van der Waals surface area contributed by atoms with Crippen LogP contribution in [0.15, 0.2) is 52.2 Å². The molecule has 1 aliphatic heterocycles. The molecule has 2 aliphatic rings. The summed E-state index contributed by atoms with van der Waals surface area (Å²) < 4.78 is 24.0. The molecule has 4 nitrogen and oxygen atoms in total. The Kier molecular flexibility index (Phi) is 7.11. The van der Waals surface area contributed by atoms with Crippen LogP contribution in [0.1, 0.15) is 55.7 Å². The molecule has 2 fully saturated rings. The number of aromatic nitrogens is 1. The number of halogens is 2. The molecule has 1 aromatic heterocycles. The molecule has 0 radical (unpaired) electrons. The van der Waals surface area contributed by atoms with E-state index in [2.05, 4.69) is 27.6 Å². The number of hydrogen-bond acceptors (Lipinski definition) is 6. The zero-order valence-corrected chi connectivity index (χ0v) is 20.9. The minimum Gasteiger partial charge on any atom is -0.489 e. The fraction of sp³-hybridized carbons (Fsp3) is 0.400. The number of likely N-dealkylation sites (tertiary alicyclic amines) is 1. The first-order valence-corrected chi connectivity index (χ1v) is 13.5. The van der Waals surface area contributed by atoms with Crippen molar-refractivity contribution < 1.29 is 9.13 Å². The van der Waals surface area contributed by atoms with Crippen molar-refractivity contribution in [3.05, 3.63) is 69.3 Å². The summed E-state index contributed by atoms with van der Waals surface area (Å²) in [7, 11) is 0. The highest BCUT2D eigenvalue weighted by molar-refractivity contribution is 8.00. The normalized spacial score (nSPS) is 18.3. The second kappa shape index (κ2) is 10.2. The van der Waals surface area contributed by atoms with Crippen LogP contribution in [0.5, 0.6) is 5.75 Å². The summed E-state index contributed by atoms with van der Waals surface area (Å²) in [6.45, 7) is 3.87. The zero-order chi connectivity index (χ0) is 22.8. The average Bonchev–Trinajstić information content (AvgIpc) is 3.55. The average molecular weight is 504 g/mol.